The van der Waals surface area contributed by atoms with Crippen LogP contribution < -0.4 is 5.32 Å². The number of benzene rings is 1. The van der Waals surface area contributed by atoms with Crippen molar-refractivity contribution >= 4 is 17.2 Å². The maximum absolute atomic E-state index is 12.1. The van der Waals surface area contributed by atoms with E-state index >= 15 is 0 Å². The molecule has 6 nitrogen and oxygen atoms in total. The van der Waals surface area contributed by atoms with Crippen molar-refractivity contribution in [2.45, 2.75) is 32.4 Å². The summed E-state index contributed by atoms with van der Waals surface area (Å²) in [6.45, 7) is 5.80. The fraction of sp³-hybridized carbons (Fsp3) is 0.500. The number of hydrogen-bond donors (Lipinski definition) is 1. The highest BCUT2D eigenvalue weighted by molar-refractivity contribution is 7.11. The van der Waals surface area contributed by atoms with Gasteiger partial charge in [0.25, 0.3) is 0 Å². The fourth-order valence-corrected chi connectivity index (χ4v) is 3.62. The summed E-state index contributed by atoms with van der Waals surface area (Å²) in [6.07, 6.45) is 1.09. The molecular formula is C18H24N4O2S. The summed E-state index contributed by atoms with van der Waals surface area (Å²) >= 11 is 1.57. The van der Waals surface area contributed by atoms with Crippen LogP contribution in [0.4, 0.5) is 0 Å². The Morgan fingerprint density at radius 2 is 2.20 bits per heavy atom. The smallest absolute Gasteiger partial charge is 0.222 e. The summed E-state index contributed by atoms with van der Waals surface area (Å²) in [5.74, 6) is 0.0350. The van der Waals surface area contributed by atoms with Gasteiger partial charge in [-0.2, -0.15) is 0 Å². The molecule has 1 atom stereocenters. The molecule has 134 valence electrons. The van der Waals surface area contributed by atoms with Gasteiger partial charge in [-0.1, -0.05) is 30.3 Å². The zero-order valence-electron chi connectivity index (χ0n) is 14.5. The van der Waals surface area contributed by atoms with Gasteiger partial charge in [0.2, 0.25) is 5.91 Å². The lowest BCUT2D eigenvalue weighted by Gasteiger charge is -2.32. The van der Waals surface area contributed by atoms with Crippen LogP contribution >= 0.6 is 11.3 Å². The van der Waals surface area contributed by atoms with E-state index in [-0.39, 0.29) is 12.0 Å². The van der Waals surface area contributed by atoms with Crippen LogP contribution in [-0.4, -0.2) is 53.3 Å². The maximum Gasteiger partial charge on any atom is 0.222 e. The quantitative estimate of drug-likeness (QED) is 0.815. The summed E-state index contributed by atoms with van der Waals surface area (Å²) < 4.78 is 5.76. The molecule has 0 saturated carbocycles. The number of rotatable bonds is 7. The maximum atomic E-state index is 12.1. The molecule has 2 heterocycles. The van der Waals surface area contributed by atoms with Crippen molar-refractivity contribution in [3.63, 3.8) is 0 Å². The Bertz CT molecular complexity index is 677. The highest BCUT2D eigenvalue weighted by atomic mass is 32.1. The van der Waals surface area contributed by atoms with Gasteiger partial charge in [-0.25, -0.2) is 0 Å². The van der Waals surface area contributed by atoms with Crippen LogP contribution in [-0.2, 0) is 22.5 Å². The Balaban J connectivity index is 1.38. The fourth-order valence-electron chi connectivity index (χ4n) is 2.92. The number of nitrogens with zero attached hydrogens (tertiary/aromatic N) is 3. The summed E-state index contributed by atoms with van der Waals surface area (Å²) in [5, 5.41) is 12.9. The second-order valence-corrected chi connectivity index (χ2v) is 7.50. The monoisotopic (exact) mass is 360 g/mol. The number of aromatic nitrogens is 2. The lowest BCUT2D eigenvalue weighted by molar-refractivity contribution is -0.126. The second-order valence-electron chi connectivity index (χ2n) is 6.23. The molecule has 7 heteroatoms. The Morgan fingerprint density at radius 1 is 1.36 bits per heavy atom. The Kier molecular flexibility index (Phi) is 6.49. The minimum atomic E-state index is -0.0405. The molecule has 0 bridgehead atoms. The number of nitrogens with one attached hydrogen (secondary N) is 1. The van der Waals surface area contributed by atoms with Crippen LogP contribution in [0.1, 0.15) is 22.0 Å². The van der Waals surface area contributed by atoms with Crippen LogP contribution in [0, 0.1) is 6.92 Å². The van der Waals surface area contributed by atoms with Gasteiger partial charge in [-0.15, -0.1) is 21.5 Å². The van der Waals surface area contributed by atoms with Crippen LogP contribution in [0.5, 0.6) is 0 Å². The zero-order chi connectivity index (χ0) is 17.5. The molecule has 1 saturated heterocycles. The molecule has 1 aromatic carbocycles. The predicted molar refractivity (Wildman–Crippen MR) is 97.4 cm³/mol. The number of ether oxygens (including phenoxy) is 1. The normalized spacial score (nSPS) is 18.2. The summed E-state index contributed by atoms with van der Waals surface area (Å²) in [4.78, 5) is 14.5. The van der Waals surface area contributed by atoms with E-state index in [9.17, 15) is 4.79 Å². The van der Waals surface area contributed by atoms with Crippen molar-refractivity contribution in [3.05, 3.63) is 45.9 Å². The number of morpholine rings is 1. The van der Waals surface area contributed by atoms with Gasteiger partial charge >= 0.3 is 0 Å². The van der Waals surface area contributed by atoms with Gasteiger partial charge in [0, 0.05) is 32.6 Å². The number of carbonyl (C=O) groups excluding carboxylic acids is 1. The molecule has 0 aliphatic carbocycles. The van der Waals surface area contributed by atoms with E-state index in [2.05, 4.69) is 44.7 Å². The van der Waals surface area contributed by atoms with Crippen molar-refractivity contribution in [2.75, 3.05) is 26.2 Å². The number of aryl methyl sites for hydroxylation is 1. The third-order valence-electron chi connectivity index (χ3n) is 4.11. The highest BCUT2D eigenvalue weighted by Gasteiger charge is 2.22. The summed E-state index contributed by atoms with van der Waals surface area (Å²) in [6, 6.07) is 10.4. The highest BCUT2D eigenvalue weighted by Crippen LogP contribution is 2.13. The first kappa shape index (κ1) is 18.0. The average molecular weight is 360 g/mol. The summed E-state index contributed by atoms with van der Waals surface area (Å²) in [5.41, 5.74) is 1.29. The minimum absolute atomic E-state index is 0.0350. The molecule has 2 aromatic rings. The van der Waals surface area contributed by atoms with Gasteiger partial charge in [-0.05, 0) is 12.5 Å². The van der Waals surface area contributed by atoms with Gasteiger partial charge in [0.15, 0.2) is 0 Å². The van der Waals surface area contributed by atoms with Crippen molar-refractivity contribution in [3.8, 4) is 0 Å². The van der Waals surface area contributed by atoms with E-state index in [0.29, 0.717) is 19.6 Å². The average Bonchev–Trinajstić information content (AvgIpc) is 3.01. The third kappa shape index (κ3) is 5.88. The molecule has 1 N–H and O–H groups in total. The summed E-state index contributed by atoms with van der Waals surface area (Å²) in [7, 11) is 0. The minimum Gasteiger partial charge on any atom is -0.375 e. The van der Waals surface area contributed by atoms with Gasteiger partial charge in [0.1, 0.15) is 10.0 Å². The van der Waals surface area contributed by atoms with Crippen LogP contribution in [0.15, 0.2) is 30.3 Å². The van der Waals surface area contributed by atoms with Crippen molar-refractivity contribution < 1.29 is 9.53 Å². The molecule has 0 spiro atoms. The Labute approximate surface area is 152 Å². The first-order valence-electron chi connectivity index (χ1n) is 8.62. The molecule has 3 rings (SSSR count). The van der Waals surface area contributed by atoms with Gasteiger partial charge < -0.3 is 10.1 Å². The standard InChI is InChI=1S/C18H24N4O2S/c1-14-20-21-18(25-14)7-8-19-17(23)11-16-13-22(9-10-24-16)12-15-5-3-2-4-6-15/h2-6,16H,7-13H2,1H3,(H,19,23)/t16-/m0/s1. The van der Waals surface area contributed by atoms with Crippen LogP contribution in [0.3, 0.4) is 0 Å². The second kappa shape index (κ2) is 9.03. The molecule has 1 fully saturated rings. The first-order valence-corrected chi connectivity index (χ1v) is 9.44. The SMILES string of the molecule is Cc1nnc(CCNC(=O)C[C@H]2CN(Cc3ccccc3)CCO2)s1. The van der Waals surface area contributed by atoms with Crippen molar-refractivity contribution in [1.29, 1.82) is 0 Å². The zero-order valence-corrected chi connectivity index (χ0v) is 15.3. The van der Waals surface area contributed by atoms with E-state index in [4.69, 9.17) is 4.74 Å². The molecule has 25 heavy (non-hydrogen) atoms. The molecular weight excluding hydrogens is 336 g/mol. The van der Waals surface area contributed by atoms with Crippen LogP contribution in [0.25, 0.3) is 0 Å². The number of amides is 1. The Morgan fingerprint density at radius 3 is 2.96 bits per heavy atom. The largest absolute Gasteiger partial charge is 0.375 e. The lowest BCUT2D eigenvalue weighted by Crippen LogP contribution is -2.44. The van der Waals surface area contributed by atoms with E-state index in [1.807, 2.05) is 13.0 Å². The van der Waals surface area contributed by atoms with E-state index in [1.54, 1.807) is 11.3 Å². The van der Waals surface area contributed by atoms with Crippen LogP contribution in [0.2, 0.25) is 0 Å². The van der Waals surface area contributed by atoms with Crippen molar-refractivity contribution in [2.24, 2.45) is 0 Å². The third-order valence-corrected chi connectivity index (χ3v) is 5.01. The Hall–Kier alpha value is -1.83. The molecule has 1 aliphatic rings. The number of hydrogen-bond acceptors (Lipinski definition) is 6. The van der Waals surface area contributed by atoms with E-state index in [1.165, 1.54) is 5.56 Å². The van der Waals surface area contributed by atoms with Gasteiger partial charge in [-0.3, -0.25) is 9.69 Å². The first-order chi connectivity index (χ1) is 12.2. The lowest BCUT2D eigenvalue weighted by atomic mass is 10.1. The molecule has 1 aliphatic heterocycles. The van der Waals surface area contributed by atoms with Crippen molar-refractivity contribution in [1.82, 2.24) is 20.4 Å². The molecule has 1 amide bonds. The van der Waals surface area contributed by atoms with E-state index in [0.717, 1.165) is 36.1 Å². The topological polar surface area (TPSA) is 67.4 Å². The molecule has 0 unspecified atom stereocenters. The van der Waals surface area contributed by atoms with Gasteiger partial charge in [0.05, 0.1) is 19.1 Å². The van der Waals surface area contributed by atoms with E-state index < -0.39 is 0 Å². The number of carbonyl (C=O) groups is 1. The molecule has 0 radical (unpaired) electrons. The predicted octanol–water partition coefficient (Wildman–Crippen LogP) is 1.80. The molecule has 1 aromatic heterocycles.